The lowest BCUT2D eigenvalue weighted by Crippen LogP contribution is -2.59. The summed E-state index contributed by atoms with van der Waals surface area (Å²) >= 11 is 6.31. The molecule has 1 spiro atoms. The minimum absolute atomic E-state index is 0.0950. The van der Waals surface area contributed by atoms with Gasteiger partial charge < -0.3 is 9.64 Å². The summed E-state index contributed by atoms with van der Waals surface area (Å²) in [5.74, 6) is 0.997. The molecular formula is C23H24ClN3O2. The van der Waals surface area contributed by atoms with Crippen molar-refractivity contribution in [3.63, 3.8) is 0 Å². The fraction of sp³-hybridized carbons (Fsp3) is 0.391. The van der Waals surface area contributed by atoms with Gasteiger partial charge in [0.1, 0.15) is 5.75 Å². The van der Waals surface area contributed by atoms with Gasteiger partial charge in [-0.15, -0.1) is 0 Å². The number of hydrogen-bond acceptors (Lipinski definition) is 4. The third kappa shape index (κ3) is 3.08. The van der Waals surface area contributed by atoms with Crippen molar-refractivity contribution in [3.8, 4) is 5.75 Å². The molecule has 3 aliphatic heterocycles. The van der Waals surface area contributed by atoms with Crippen LogP contribution in [0.5, 0.6) is 5.75 Å². The fourth-order valence-electron chi connectivity index (χ4n) is 4.67. The van der Waals surface area contributed by atoms with E-state index >= 15 is 0 Å². The Kier molecular flexibility index (Phi) is 4.32. The maximum absolute atomic E-state index is 11.8. The van der Waals surface area contributed by atoms with E-state index in [4.69, 9.17) is 21.4 Å². The van der Waals surface area contributed by atoms with Crippen LogP contribution in [0.2, 0.25) is 5.02 Å². The minimum Gasteiger partial charge on any atom is -0.466 e. The fourth-order valence-corrected chi connectivity index (χ4v) is 4.86. The molecule has 2 aromatic carbocycles. The number of hydrogen-bond donors (Lipinski definition) is 0. The number of carbonyl (C=O) groups is 1. The third-order valence-electron chi connectivity index (χ3n) is 6.33. The van der Waals surface area contributed by atoms with Crippen LogP contribution in [0.15, 0.2) is 47.6 Å². The first-order valence-corrected chi connectivity index (χ1v) is 10.5. The van der Waals surface area contributed by atoms with Crippen molar-refractivity contribution in [2.75, 3.05) is 13.1 Å². The summed E-state index contributed by atoms with van der Waals surface area (Å²) in [4.78, 5) is 13.7. The quantitative estimate of drug-likeness (QED) is 0.695. The van der Waals surface area contributed by atoms with Gasteiger partial charge in [0.05, 0.1) is 11.8 Å². The van der Waals surface area contributed by atoms with E-state index in [2.05, 4.69) is 36.2 Å². The van der Waals surface area contributed by atoms with Crippen LogP contribution in [-0.2, 0) is 4.79 Å². The molecule has 3 aliphatic rings. The van der Waals surface area contributed by atoms with E-state index in [0.29, 0.717) is 18.1 Å². The molecule has 29 heavy (non-hydrogen) atoms. The van der Waals surface area contributed by atoms with Crippen molar-refractivity contribution in [1.82, 2.24) is 9.91 Å². The number of nitrogens with zero attached hydrogens (tertiary/aromatic N) is 3. The SMILES string of the molecule is CC(=O)N1CCC2(CC1)Oc1ccc(Cl)cc1[C@H]1CC(c3ccc(C)cc3)=NN12. The molecule has 2 aromatic rings. The van der Waals surface area contributed by atoms with E-state index in [0.717, 1.165) is 41.9 Å². The zero-order valence-electron chi connectivity index (χ0n) is 16.7. The first-order valence-electron chi connectivity index (χ1n) is 10.1. The highest BCUT2D eigenvalue weighted by molar-refractivity contribution is 6.30. The summed E-state index contributed by atoms with van der Waals surface area (Å²) in [5, 5.41) is 7.92. The van der Waals surface area contributed by atoms with E-state index in [1.807, 2.05) is 23.1 Å². The number of carbonyl (C=O) groups excluding carboxylic acids is 1. The Labute approximate surface area is 175 Å². The lowest BCUT2D eigenvalue weighted by Gasteiger charge is -2.51. The summed E-state index contributed by atoms with van der Waals surface area (Å²) in [6.45, 7) is 5.07. The van der Waals surface area contributed by atoms with E-state index in [-0.39, 0.29) is 11.9 Å². The van der Waals surface area contributed by atoms with Gasteiger partial charge in [0, 0.05) is 49.9 Å². The second-order valence-electron chi connectivity index (χ2n) is 8.21. The molecule has 0 unspecified atom stereocenters. The van der Waals surface area contributed by atoms with E-state index < -0.39 is 5.72 Å². The van der Waals surface area contributed by atoms with Gasteiger partial charge in [-0.05, 0) is 30.7 Å². The zero-order chi connectivity index (χ0) is 20.2. The number of aryl methyl sites for hydroxylation is 1. The van der Waals surface area contributed by atoms with Crippen LogP contribution in [0.1, 0.15) is 48.9 Å². The van der Waals surface area contributed by atoms with Gasteiger partial charge >= 0.3 is 0 Å². The molecule has 0 saturated carbocycles. The number of rotatable bonds is 1. The van der Waals surface area contributed by atoms with Gasteiger partial charge in [-0.25, -0.2) is 5.01 Å². The summed E-state index contributed by atoms with van der Waals surface area (Å²) in [6.07, 6.45) is 2.28. The third-order valence-corrected chi connectivity index (χ3v) is 6.57. The number of fused-ring (bicyclic) bond motifs is 4. The van der Waals surface area contributed by atoms with Gasteiger partial charge in [0.15, 0.2) is 0 Å². The second-order valence-corrected chi connectivity index (χ2v) is 8.65. The summed E-state index contributed by atoms with van der Waals surface area (Å²) in [7, 11) is 0. The Morgan fingerprint density at radius 1 is 1.17 bits per heavy atom. The molecule has 5 rings (SSSR count). The van der Waals surface area contributed by atoms with Crippen LogP contribution in [-0.4, -0.2) is 40.3 Å². The molecule has 0 radical (unpaired) electrons. The van der Waals surface area contributed by atoms with Crippen LogP contribution in [0.3, 0.4) is 0 Å². The van der Waals surface area contributed by atoms with Crippen LogP contribution in [0.25, 0.3) is 0 Å². The van der Waals surface area contributed by atoms with Gasteiger partial charge in [0.2, 0.25) is 11.6 Å². The van der Waals surface area contributed by atoms with Crippen molar-refractivity contribution < 1.29 is 9.53 Å². The van der Waals surface area contributed by atoms with Gasteiger partial charge in [-0.1, -0.05) is 41.4 Å². The van der Waals surface area contributed by atoms with Gasteiger partial charge in [0.25, 0.3) is 0 Å². The molecule has 0 aliphatic carbocycles. The number of hydrazone groups is 1. The molecule has 1 atom stereocenters. The highest BCUT2D eigenvalue weighted by Crippen LogP contribution is 2.50. The Morgan fingerprint density at radius 2 is 1.90 bits per heavy atom. The Hall–Kier alpha value is -2.53. The first-order chi connectivity index (χ1) is 13.9. The number of benzene rings is 2. The van der Waals surface area contributed by atoms with E-state index in [1.54, 1.807) is 6.92 Å². The summed E-state index contributed by atoms with van der Waals surface area (Å²) in [6, 6.07) is 14.5. The highest BCUT2D eigenvalue weighted by atomic mass is 35.5. The Bertz CT molecular complexity index is 994. The first kappa shape index (κ1) is 18.5. The lowest BCUT2D eigenvalue weighted by atomic mass is 9.90. The number of halogens is 1. The molecule has 3 heterocycles. The summed E-state index contributed by atoms with van der Waals surface area (Å²) < 4.78 is 6.58. The Morgan fingerprint density at radius 3 is 2.59 bits per heavy atom. The molecule has 5 nitrogen and oxygen atoms in total. The molecule has 6 heteroatoms. The maximum Gasteiger partial charge on any atom is 0.219 e. The van der Waals surface area contributed by atoms with Gasteiger partial charge in [-0.3, -0.25) is 4.79 Å². The highest BCUT2D eigenvalue weighted by Gasteiger charge is 2.52. The van der Waals surface area contributed by atoms with Crippen molar-refractivity contribution in [2.24, 2.45) is 5.10 Å². The predicted octanol–water partition coefficient (Wildman–Crippen LogP) is 4.53. The predicted molar refractivity (Wildman–Crippen MR) is 113 cm³/mol. The zero-order valence-corrected chi connectivity index (χ0v) is 17.4. The van der Waals surface area contributed by atoms with Crippen molar-refractivity contribution in [2.45, 2.75) is 44.9 Å². The van der Waals surface area contributed by atoms with Crippen LogP contribution >= 0.6 is 11.6 Å². The average molecular weight is 410 g/mol. The monoisotopic (exact) mass is 409 g/mol. The topological polar surface area (TPSA) is 45.1 Å². The standard InChI is InChI=1S/C23H24ClN3O2/c1-15-3-5-17(6-4-15)20-14-21-19-13-18(24)7-8-22(19)29-23(27(21)25-20)9-11-26(12-10-23)16(2)28/h3-8,13,21H,9-12,14H2,1-2H3/t21-/m1/s1. The number of ether oxygens (including phenoxy) is 1. The molecule has 0 aromatic heterocycles. The number of likely N-dealkylation sites (tertiary alicyclic amines) is 1. The molecule has 150 valence electrons. The van der Waals surface area contributed by atoms with E-state index in [1.165, 1.54) is 5.56 Å². The molecule has 1 amide bonds. The summed E-state index contributed by atoms with van der Waals surface area (Å²) in [5.41, 5.74) is 4.01. The van der Waals surface area contributed by atoms with Crippen LogP contribution < -0.4 is 4.74 Å². The molecule has 1 fully saturated rings. The number of piperidine rings is 1. The van der Waals surface area contributed by atoms with Crippen LogP contribution in [0.4, 0.5) is 0 Å². The number of amides is 1. The second kappa shape index (κ2) is 6.77. The molecule has 1 saturated heterocycles. The Balaban J connectivity index is 1.55. The normalized spacial score (nSPS) is 22.0. The average Bonchev–Trinajstić information content (AvgIpc) is 3.16. The van der Waals surface area contributed by atoms with Crippen molar-refractivity contribution in [3.05, 3.63) is 64.2 Å². The largest absolute Gasteiger partial charge is 0.466 e. The molecule has 0 N–H and O–H groups in total. The molecular weight excluding hydrogens is 386 g/mol. The maximum atomic E-state index is 11.8. The smallest absolute Gasteiger partial charge is 0.219 e. The molecule has 0 bridgehead atoms. The minimum atomic E-state index is -0.524. The van der Waals surface area contributed by atoms with Crippen molar-refractivity contribution in [1.29, 1.82) is 0 Å². The van der Waals surface area contributed by atoms with Gasteiger partial charge in [-0.2, -0.15) is 5.10 Å². The van der Waals surface area contributed by atoms with Crippen molar-refractivity contribution >= 4 is 23.2 Å². The lowest BCUT2D eigenvalue weighted by molar-refractivity contribution is -0.158. The van der Waals surface area contributed by atoms with Crippen LogP contribution in [0, 0.1) is 6.92 Å². The van der Waals surface area contributed by atoms with E-state index in [9.17, 15) is 4.79 Å².